The Bertz CT molecular complexity index is 1100. The van der Waals surface area contributed by atoms with Crippen LogP contribution in [0.5, 0.6) is 0 Å². The Morgan fingerprint density at radius 1 is 1.24 bits per heavy atom. The number of carbonyl (C=O) groups is 1. The van der Waals surface area contributed by atoms with Crippen molar-refractivity contribution in [2.45, 2.75) is 44.6 Å². The van der Waals surface area contributed by atoms with Crippen molar-refractivity contribution in [1.29, 1.82) is 0 Å². The van der Waals surface area contributed by atoms with Gasteiger partial charge in [0.15, 0.2) is 5.58 Å². The molecule has 0 N–H and O–H groups in total. The molecule has 8 nitrogen and oxygen atoms in total. The molecule has 3 heterocycles. The van der Waals surface area contributed by atoms with Gasteiger partial charge in [-0.2, -0.15) is 0 Å². The fourth-order valence-corrected chi connectivity index (χ4v) is 5.28. The molecule has 152 valence electrons. The number of amides is 1. The fraction of sp³-hybridized carbons (Fsp3) is 0.524. The molecule has 2 aromatic heterocycles. The zero-order valence-electron chi connectivity index (χ0n) is 16.6. The highest BCUT2D eigenvalue weighted by atomic mass is 16.4. The number of aromatic nitrogens is 4. The molecule has 1 aliphatic heterocycles. The number of benzene rings is 1. The Balaban J connectivity index is 1.44. The van der Waals surface area contributed by atoms with E-state index in [0.29, 0.717) is 24.2 Å². The topological polar surface area (TPSA) is 86.2 Å². The molecule has 29 heavy (non-hydrogen) atoms. The van der Waals surface area contributed by atoms with Crippen molar-refractivity contribution in [3.05, 3.63) is 47.0 Å². The normalized spacial score (nSPS) is 21.3. The summed E-state index contributed by atoms with van der Waals surface area (Å²) in [5.74, 6) is 0.592. The molecule has 1 saturated heterocycles. The van der Waals surface area contributed by atoms with Gasteiger partial charge in [0.1, 0.15) is 18.7 Å². The maximum atomic E-state index is 13.2. The van der Waals surface area contributed by atoms with Crippen LogP contribution in [-0.4, -0.2) is 43.2 Å². The standard InChI is InChI=1S/C21H25N5O3/c1-24-14-22-23-19(24)15-11-25(13-21(15)9-5-2-6-10-21)18(27)12-26-16-7-3-4-8-17(16)29-20(26)28/h3-4,7-8,14-15H,2,5-6,9-13H2,1H3. The number of fused-ring (bicyclic) bond motifs is 1. The van der Waals surface area contributed by atoms with Gasteiger partial charge in [-0.3, -0.25) is 9.36 Å². The van der Waals surface area contributed by atoms with Gasteiger partial charge in [-0.05, 0) is 30.4 Å². The first kappa shape index (κ1) is 18.1. The number of aryl methyl sites for hydroxylation is 1. The Labute approximate surface area is 168 Å². The number of likely N-dealkylation sites (tertiary alicyclic amines) is 1. The lowest BCUT2D eigenvalue weighted by molar-refractivity contribution is -0.131. The summed E-state index contributed by atoms with van der Waals surface area (Å²) in [5.41, 5.74) is 1.22. The van der Waals surface area contributed by atoms with Crippen LogP contribution in [0.3, 0.4) is 0 Å². The molecular formula is C21H25N5O3. The number of carbonyl (C=O) groups excluding carboxylic acids is 1. The molecule has 1 spiro atoms. The van der Waals surface area contributed by atoms with Crippen LogP contribution < -0.4 is 5.76 Å². The highest BCUT2D eigenvalue weighted by Crippen LogP contribution is 2.51. The lowest BCUT2D eigenvalue weighted by Gasteiger charge is -2.37. The van der Waals surface area contributed by atoms with Crippen molar-refractivity contribution < 1.29 is 9.21 Å². The molecule has 1 saturated carbocycles. The minimum absolute atomic E-state index is 0.00252. The lowest BCUT2D eigenvalue weighted by atomic mass is 9.67. The average Bonchev–Trinajstić information content (AvgIpc) is 3.39. The van der Waals surface area contributed by atoms with Crippen molar-refractivity contribution in [1.82, 2.24) is 24.2 Å². The van der Waals surface area contributed by atoms with E-state index in [1.165, 1.54) is 23.8 Å². The zero-order valence-corrected chi connectivity index (χ0v) is 16.6. The van der Waals surface area contributed by atoms with Crippen LogP contribution in [0, 0.1) is 5.41 Å². The molecule has 3 aromatic rings. The van der Waals surface area contributed by atoms with Gasteiger partial charge >= 0.3 is 5.76 Å². The Kier molecular flexibility index (Phi) is 4.29. The molecule has 2 aliphatic rings. The number of hydrogen-bond donors (Lipinski definition) is 0. The monoisotopic (exact) mass is 395 g/mol. The molecular weight excluding hydrogens is 370 g/mol. The third kappa shape index (κ3) is 2.97. The molecule has 1 aromatic carbocycles. The van der Waals surface area contributed by atoms with Crippen LogP contribution >= 0.6 is 0 Å². The largest absolute Gasteiger partial charge is 0.420 e. The van der Waals surface area contributed by atoms with Gasteiger partial charge in [-0.1, -0.05) is 31.4 Å². The minimum Gasteiger partial charge on any atom is -0.408 e. The van der Waals surface area contributed by atoms with E-state index in [-0.39, 0.29) is 23.8 Å². The van der Waals surface area contributed by atoms with E-state index < -0.39 is 5.76 Å². The summed E-state index contributed by atoms with van der Waals surface area (Å²) in [6.45, 7) is 1.33. The molecule has 5 rings (SSSR count). The molecule has 0 bridgehead atoms. The van der Waals surface area contributed by atoms with Gasteiger partial charge in [0.05, 0.1) is 5.52 Å². The fourth-order valence-electron chi connectivity index (χ4n) is 5.28. The maximum absolute atomic E-state index is 13.2. The highest BCUT2D eigenvalue weighted by molar-refractivity contribution is 5.80. The quantitative estimate of drug-likeness (QED) is 0.679. The highest BCUT2D eigenvalue weighted by Gasteiger charge is 2.50. The molecule has 1 aliphatic carbocycles. The molecule has 8 heteroatoms. The number of para-hydroxylation sites is 2. The smallest absolute Gasteiger partial charge is 0.408 e. The minimum atomic E-state index is -0.490. The number of oxazole rings is 1. The second-order valence-electron chi connectivity index (χ2n) is 8.47. The van der Waals surface area contributed by atoms with Crippen LogP contribution in [0.1, 0.15) is 43.8 Å². The summed E-state index contributed by atoms with van der Waals surface area (Å²) in [6.07, 6.45) is 7.54. The van der Waals surface area contributed by atoms with Gasteiger partial charge in [0.2, 0.25) is 5.91 Å². The summed E-state index contributed by atoms with van der Waals surface area (Å²) in [5, 5.41) is 8.45. The van der Waals surface area contributed by atoms with Crippen molar-refractivity contribution in [3.8, 4) is 0 Å². The van der Waals surface area contributed by atoms with Gasteiger partial charge in [0, 0.05) is 26.1 Å². The molecule has 1 atom stereocenters. The lowest BCUT2D eigenvalue weighted by Crippen LogP contribution is -2.37. The SMILES string of the molecule is Cn1cnnc1C1CN(C(=O)Cn2c(=O)oc3ccccc32)CC12CCCCC2. The third-order valence-corrected chi connectivity index (χ3v) is 6.78. The van der Waals surface area contributed by atoms with E-state index in [0.717, 1.165) is 18.7 Å². The van der Waals surface area contributed by atoms with Crippen molar-refractivity contribution in [3.63, 3.8) is 0 Å². The molecule has 1 unspecified atom stereocenters. The van der Waals surface area contributed by atoms with Crippen molar-refractivity contribution >= 4 is 17.0 Å². The van der Waals surface area contributed by atoms with E-state index >= 15 is 0 Å². The third-order valence-electron chi connectivity index (χ3n) is 6.78. The summed E-state index contributed by atoms with van der Waals surface area (Å²) >= 11 is 0. The van der Waals surface area contributed by atoms with Gasteiger partial charge in [-0.15, -0.1) is 10.2 Å². The second kappa shape index (κ2) is 6.86. The van der Waals surface area contributed by atoms with Crippen LogP contribution in [0.15, 0.2) is 39.8 Å². The Morgan fingerprint density at radius 2 is 2.03 bits per heavy atom. The van der Waals surface area contributed by atoms with Crippen LogP contribution in [0.2, 0.25) is 0 Å². The van der Waals surface area contributed by atoms with E-state index in [4.69, 9.17) is 4.42 Å². The van der Waals surface area contributed by atoms with Crippen molar-refractivity contribution in [2.75, 3.05) is 13.1 Å². The van der Waals surface area contributed by atoms with Crippen molar-refractivity contribution in [2.24, 2.45) is 12.5 Å². The summed E-state index contributed by atoms with van der Waals surface area (Å²) < 4.78 is 8.69. The first-order valence-corrected chi connectivity index (χ1v) is 10.3. The molecule has 0 radical (unpaired) electrons. The van der Waals surface area contributed by atoms with Gasteiger partial charge in [0.25, 0.3) is 0 Å². The summed E-state index contributed by atoms with van der Waals surface area (Å²) in [6, 6.07) is 7.21. The predicted molar refractivity (Wildman–Crippen MR) is 106 cm³/mol. The number of nitrogens with zero attached hydrogens (tertiary/aromatic N) is 5. The Hall–Kier alpha value is -2.90. The number of rotatable bonds is 3. The predicted octanol–water partition coefficient (Wildman–Crippen LogP) is 2.30. The summed E-state index contributed by atoms with van der Waals surface area (Å²) in [4.78, 5) is 27.4. The van der Waals surface area contributed by atoms with Gasteiger partial charge < -0.3 is 13.9 Å². The number of hydrogen-bond acceptors (Lipinski definition) is 5. The van der Waals surface area contributed by atoms with Gasteiger partial charge in [-0.25, -0.2) is 4.79 Å². The van der Waals surface area contributed by atoms with Crippen LogP contribution in [-0.2, 0) is 18.4 Å². The second-order valence-corrected chi connectivity index (χ2v) is 8.47. The molecule has 2 fully saturated rings. The van der Waals surface area contributed by atoms with Crippen LogP contribution in [0.25, 0.3) is 11.1 Å². The van der Waals surface area contributed by atoms with E-state index in [2.05, 4.69) is 10.2 Å². The zero-order chi connectivity index (χ0) is 20.0. The first-order valence-electron chi connectivity index (χ1n) is 10.3. The average molecular weight is 395 g/mol. The summed E-state index contributed by atoms with van der Waals surface area (Å²) in [7, 11) is 1.97. The van der Waals surface area contributed by atoms with E-state index in [1.807, 2.05) is 34.7 Å². The Morgan fingerprint density at radius 3 is 2.79 bits per heavy atom. The van der Waals surface area contributed by atoms with E-state index in [9.17, 15) is 9.59 Å². The first-order chi connectivity index (χ1) is 14.1. The maximum Gasteiger partial charge on any atom is 0.420 e. The molecule has 1 amide bonds. The van der Waals surface area contributed by atoms with Crippen LogP contribution in [0.4, 0.5) is 0 Å². The van der Waals surface area contributed by atoms with E-state index in [1.54, 1.807) is 12.4 Å².